The van der Waals surface area contributed by atoms with Gasteiger partial charge in [0.15, 0.2) is 0 Å². The van der Waals surface area contributed by atoms with Gasteiger partial charge in [-0.15, -0.1) is 0 Å². The molecule has 114 valence electrons. The molecule has 7 heteroatoms. The predicted molar refractivity (Wildman–Crippen MR) is 82.8 cm³/mol. The summed E-state index contributed by atoms with van der Waals surface area (Å²) in [6.07, 6.45) is 0.600. The number of nitrogens with one attached hydrogen (secondary N) is 1. The van der Waals surface area contributed by atoms with Gasteiger partial charge in [0, 0.05) is 35.2 Å². The van der Waals surface area contributed by atoms with Crippen LogP contribution in [0, 0.1) is 0 Å². The molecule has 1 unspecified atom stereocenters. The van der Waals surface area contributed by atoms with Crippen LogP contribution < -0.4 is 5.32 Å². The first-order chi connectivity index (χ1) is 10.1. The summed E-state index contributed by atoms with van der Waals surface area (Å²) in [5.41, 5.74) is 0.731. The Morgan fingerprint density at radius 2 is 2.00 bits per heavy atom. The van der Waals surface area contributed by atoms with Crippen LogP contribution in [-0.2, 0) is 11.2 Å². The first-order valence-electron chi connectivity index (χ1n) is 6.63. The molecule has 0 aliphatic rings. The van der Waals surface area contributed by atoms with E-state index in [1.807, 2.05) is 6.92 Å². The maximum atomic E-state index is 5.98. The summed E-state index contributed by atoms with van der Waals surface area (Å²) in [6.45, 7) is 3.46. The summed E-state index contributed by atoms with van der Waals surface area (Å²) in [7, 11) is 1.66. The molecule has 0 saturated heterocycles. The Kier molecular flexibility index (Phi) is 5.99. The number of aromatic nitrogens is 2. The Balaban J connectivity index is 2.13. The third-order valence-corrected chi connectivity index (χ3v) is 3.31. The van der Waals surface area contributed by atoms with Gasteiger partial charge in [-0.25, -0.2) is 0 Å². The number of likely N-dealkylation sites (N-methyl/N-ethyl adjacent to an activating group) is 1. The van der Waals surface area contributed by atoms with Gasteiger partial charge in [-0.1, -0.05) is 35.3 Å². The summed E-state index contributed by atoms with van der Waals surface area (Å²) >= 11 is 12.0. The highest BCUT2D eigenvalue weighted by Gasteiger charge is 2.15. The molecule has 0 aliphatic carbocycles. The fourth-order valence-corrected chi connectivity index (χ4v) is 2.55. The molecular formula is C14H17Cl2N3O2. The molecule has 0 radical (unpaired) electrons. The van der Waals surface area contributed by atoms with Crippen molar-refractivity contribution in [1.82, 2.24) is 15.5 Å². The fourth-order valence-electron chi connectivity index (χ4n) is 2.03. The molecule has 21 heavy (non-hydrogen) atoms. The topological polar surface area (TPSA) is 60.2 Å². The van der Waals surface area contributed by atoms with Crippen LogP contribution in [0.3, 0.4) is 0 Å². The fraction of sp³-hybridized carbons (Fsp3) is 0.429. The van der Waals surface area contributed by atoms with Crippen LogP contribution in [0.2, 0.25) is 10.0 Å². The predicted octanol–water partition coefficient (Wildman–Crippen LogP) is 3.21. The summed E-state index contributed by atoms with van der Waals surface area (Å²) in [6, 6.07) is 5.29. The van der Waals surface area contributed by atoms with Crippen LogP contribution >= 0.6 is 23.2 Å². The van der Waals surface area contributed by atoms with Gasteiger partial charge in [0.2, 0.25) is 11.7 Å². The number of halogens is 2. The minimum atomic E-state index is 0.135. The zero-order chi connectivity index (χ0) is 15.2. The minimum absolute atomic E-state index is 0.135. The van der Waals surface area contributed by atoms with Crippen molar-refractivity contribution in [1.29, 1.82) is 0 Å². The van der Waals surface area contributed by atoms with E-state index in [2.05, 4.69) is 15.5 Å². The van der Waals surface area contributed by atoms with Crippen LogP contribution in [0.4, 0.5) is 0 Å². The summed E-state index contributed by atoms with van der Waals surface area (Å²) in [4.78, 5) is 4.38. The summed E-state index contributed by atoms with van der Waals surface area (Å²) in [5, 5.41) is 8.35. The van der Waals surface area contributed by atoms with Gasteiger partial charge in [0.1, 0.15) is 0 Å². The quantitative estimate of drug-likeness (QED) is 0.845. The molecule has 0 amide bonds. The van der Waals surface area contributed by atoms with Crippen LogP contribution in [-0.4, -0.2) is 36.4 Å². The SMILES string of the molecule is CCNC(COC)Cc1nc(-c2cc(Cl)cc(Cl)c2)no1. The highest BCUT2D eigenvalue weighted by atomic mass is 35.5. The largest absolute Gasteiger partial charge is 0.383 e. The smallest absolute Gasteiger partial charge is 0.228 e. The van der Waals surface area contributed by atoms with Crippen molar-refractivity contribution < 1.29 is 9.26 Å². The van der Waals surface area contributed by atoms with Gasteiger partial charge >= 0.3 is 0 Å². The average Bonchev–Trinajstić information content (AvgIpc) is 2.87. The van der Waals surface area contributed by atoms with Gasteiger partial charge in [-0.3, -0.25) is 0 Å². The third-order valence-electron chi connectivity index (χ3n) is 2.87. The molecule has 1 aromatic heterocycles. The number of benzene rings is 1. The lowest BCUT2D eigenvalue weighted by Gasteiger charge is -2.14. The Hall–Kier alpha value is -1.14. The Labute approximate surface area is 133 Å². The van der Waals surface area contributed by atoms with Crippen molar-refractivity contribution in [3.05, 3.63) is 34.1 Å². The van der Waals surface area contributed by atoms with E-state index in [9.17, 15) is 0 Å². The van der Waals surface area contributed by atoms with E-state index in [-0.39, 0.29) is 6.04 Å². The molecular weight excluding hydrogens is 313 g/mol. The van der Waals surface area contributed by atoms with E-state index >= 15 is 0 Å². The maximum Gasteiger partial charge on any atom is 0.228 e. The molecule has 2 rings (SSSR count). The molecule has 2 aromatic rings. The van der Waals surface area contributed by atoms with Crippen molar-refractivity contribution in [2.45, 2.75) is 19.4 Å². The van der Waals surface area contributed by atoms with Gasteiger partial charge in [-0.05, 0) is 24.7 Å². The lowest BCUT2D eigenvalue weighted by molar-refractivity contribution is 0.162. The molecule has 0 aliphatic heterocycles. The van der Waals surface area contributed by atoms with E-state index in [0.717, 1.165) is 12.1 Å². The lowest BCUT2D eigenvalue weighted by atomic mass is 10.2. The molecule has 0 bridgehead atoms. The van der Waals surface area contributed by atoms with E-state index in [0.29, 0.717) is 34.8 Å². The Bertz CT molecular complexity index is 563. The second kappa shape index (κ2) is 7.75. The highest BCUT2D eigenvalue weighted by molar-refractivity contribution is 6.35. The van der Waals surface area contributed by atoms with Crippen molar-refractivity contribution in [3.63, 3.8) is 0 Å². The van der Waals surface area contributed by atoms with Gasteiger partial charge in [0.05, 0.1) is 6.61 Å². The summed E-state index contributed by atoms with van der Waals surface area (Å²) in [5.74, 6) is 1.02. The average molecular weight is 330 g/mol. The third kappa shape index (κ3) is 4.68. The van der Waals surface area contributed by atoms with E-state index in [1.54, 1.807) is 25.3 Å². The number of nitrogens with zero attached hydrogens (tertiary/aromatic N) is 2. The lowest BCUT2D eigenvalue weighted by Crippen LogP contribution is -2.35. The van der Waals surface area contributed by atoms with Crippen LogP contribution in [0.15, 0.2) is 22.7 Å². The highest BCUT2D eigenvalue weighted by Crippen LogP contribution is 2.25. The summed E-state index contributed by atoms with van der Waals surface area (Å²) < 4.78 is 10.4. The Morgan fingerprint density at radius 1 is 1.29 bits per heavy atom. The number of rotatable bonds is 7. The maximum absolute atomic E-state index is 5.98. The van der Waals surface area contributed by atoms with Crippen LogP contribution in [0.5, 0.6) is 0 Å². The molecule has 0 spiro atoms. The Morgan fingerprint density at radius 3 is 2.62 bits per heavy atom. The number of hydrogen-bond acceptors (Lipinski definition) is 5. The second-order valence-corrected chi connectivity index (χ2v) is 5.46. The molecule has 1 N–H and O–H groups in total. The molecule has 0 fully saturated rings. The number of ether oxygens (including phenoxy) is 1. The molecule has 1 atom stereocenters. The van der Waals surface area contributed by atoms with Gasteiger partial charge < -0.3 is 14.6 Å². The number of hydrogen-bond donors (Lipinski definition) is 1. The molecule has 5 nitrogen and oxygen atoms in total. The van der Waals surface area contributed by atoms with Gasteiger partial charge in [-0.2, -0.15) is 4.98 Å². The molecule has 1 heterocycles. The zero-order valence-corrected chi connectivity index (χ0v) is 13.4. The second-order valence-electron chi connectivity index (χ2n) is 4.58. The zero-order valence-electron chi connectivity index (χ0n) is 11.9. The van der Waals surface area contributed by atoms with Crippen LogP contribution in [0.25, 0.3) is 11.4 Å². The van der Waals surface area contributed by atoms with E-state index in [4.69, 9.17) is 32.5 Å². The van der Waals surface area contributed by atoms with Crippen molar-refractivity contribution >= 4 is 23.2 Å². The normalized spacial score (nSPS) is 12.6. The first kappa shape index (κ1) is 16.2. The van der Waals surface area contributed by atoms with E-state index < -0.39 is 0 Å². The standard InChI is InChI=1S/C14H17Cl2N3O2/c1-3-17-12(8-20-2)7-13-18-14(19-21-13)9-4-10(15)6-11(16)5-9/h4-6,12,17H,3,7-8H2,1-2H3. The molecule has 1 aromatic carbocycles. The number of methoxy groups -OCH3 is 1. The van der Waals surface area contributed by atoms with E-state index in [1.165, 1.54) is 0 Å². The van der Waals surface area contributed by atoms with Crippen molar-refractivity contribution in [2.75, 3.05) is 20.3 Å². The monoisotopic (exact) mass is 329 g/mol. The van der Waals surface area contributed by atoms with Gasteiger partial charge in [0.25, 0.3) is 0 Å². The first-order valence-corrected chi connectivity index (χ1v) is 7.39. The molecule has 0 saturated carbocycles. The van der Waals surface area contributed by atoms with Crippen molar-refractivity contribution in [2.24, 2.45) is 0 Å². The van der Waals surface area contributed by atoms with Crippen LogP contribution in [0.1, 0.15) is 12.8 Å². The minimum Gasteiger partial charge on any atom is -0.383 e. The van der Waals surface area contributed by atoms with Crippen molar-refractivity contribution in [3.8, 4) is 11.4 Å².